The van der Waals surface area contributed by atoms with Gasteiger partial charge in [-0.25, -0.2) is 9.59 Å². The maximum atomic E-state index is 12.1. The first-order valence-electron chi connectivity index (χ1n) is 6.56. The quantitative estimate of drug-likeness (QED) is 0.805. The summed E-state index contributed by atoms with van der Waals surface area (Å²) in [4.78, 5) is 24.8. The van der Waals surface area contributed by atoms with Gasteiger partial charge >= 0.3 is 12.0 Å². The Morgan fingerprint density at radius 3 is 2.50 bits per heavy atom. The minimum absolute atomic E-state index is 0.236. The Hall–Kier alpha value is -1.26. The van der Waals surface area contributed by atoms with E-state index in [0.29, 0.717) is 30.8 Å². The molecule has 2 amide bonds. The van der Waals surface area contributed by atoms with Crippen LogP contribution in [-0.4, -0.2) is 40.6 Å². The molecule has 1 saturated heterocycles. The standard InChI is InChI=1S/C13H22N2O3/c1-12(2)7-9(12)8-14-11(18)15-6-4-5-13(15,3)10(16)17/h9H,4-8H2,1-3H3,(H,14,18)(H,16,17). The van der Waals surface area contributed by atoms with Crippen molar-refractivity contribution in [1.29, 1.82) is 0 Å². The number of urea groups is 1. The summed E-state index contributed by atoms with van der Waals surface area (Å²) in [5, 5.41) is 12.1. The molecule has 102 valence electrons. The van der Waals surface area contributed by atoms with Crippen LogP contribution in [0.3, 0.4) is 0 Å². The fourth-order valence-corrected chi connectivity index (χ4v) is 2.74. The number of likely N-dealkylation sites (tertiary alicyclic amines) is 1. The molecule has 1 aliphatic carbocycles. The summed E-state index contributed by atoms with van der Waals surface area (Å²) in [5.74, 6) is -0.387. The number of nitrogens with zero attached hydrogens (tertiary/aromatic N) is 1. The van der Waals surface area contributed by atoms with E-state index in [1.54, 1.807) is 6.92 Å². The Labute approximate surface area is 108 Å². The lowest BCUT2D eigenvalue weighted by molar-refractivity contribution is -0.147. The van der Waals surface area contributed by atoms with Gasteiger partial charge in [-0.2, -0.15) is 0 Å². The summed E-state index contributed by atoms with van der Waals surface area (Å²) >= 11 is 0. The van der Waals surface area contributed by atoms with Gasteiger partial charge in [-0.1, -0.05) is 13.8 Å². The molecule has 0 aromatic carbocycles. The van der Waals surface area contributed by atoms with Crippen molar-refractivity contribution in [2.24, 2.45) is 11.3 Å². The Kier molecular flexibility index (Phi) is 3.03. The second-order valence-electron chi connectivity index (χ2n) is 6.41. The maximum absolute atomic E-state index is 12.1. The highest BCUT2D eigenvalue weighted by Gasteiger charge is 2.48. The number of hydrogen-bond acceptors (Lipinski definition) is 2. The zero-order valence-electron chi connectivity index (χ0n) is 11.3. The number of nitrogens with one attached hydrogen (secondary N) is 1. The normalized spacial score (nSPS) is 33.3. The van der Waals surface area contributed by atoms with Crippen LogP contribution in [0.1, 0.15) is 40.0 Å². The van der Waals surface area contributed by atoms with Crippen LogP contribution < -0.4 is 5.32 Å². The van der Waals surface area contributed by atoms with Gasteiger partial charge < -0.3 is 15.3 Å². The fourth-order valence-electron chi connectivity index (χ4n) is 2.74. The first kappa shape index (κ1) is 13.2. The molecule has 0 bridgehead atoms. The monoisotopic (exact) mass is 254 g/mol. The molecule has 5 nitrogen and oxygen atoms in total. The Balaban J connectivity index is 1.91. The van der Waals surface area contributed by atoms with Gasteiger partial charge in [0.15, 0.2) is 0 Å². The van der Waals surface area contributed by atoms with E-state index in [1.807, 2.05) is 0 Å². The molecular weight excluding hydrogens is 232 g/mol. The molecule has 2 aliphatic rings. The van der Waals surface area contributed by atoms with E-state index >= 15 is 0 Å². The molecule has 2 rings (SSSR count). The minimum Gasteiger partial charge on any atom is -0.480 e. The number of carboxylic acid groups (broad SMARTS) is 1. The van der Waals surface area contributed by atoms with Crippen molar-refractivity contribution in [3.05, 3.63) is 0 Å². The molecule has 0 aromatic rings. The summed E-state index contributed by atoms with van der Waals surface area (Å²) in [6, 6.07) is -0.236. The molecule has 0 spiro atoms. The second kappa shape index (κ2) is 4.14. The molecular formula is C13H22N2O3. The molecule has 2 unspecified atom stereocenters. The lowest BCUT2D eigenvalue weighted by atomic mass is 10.00. The average molecular weight is 254 g/mol. The fraction of sp³-hybridized carbons (Fsp3) is 0.846. The molecule has 2 fully saturated rings. The van der Waals surface area contributed by atoms with Gasteiger partial charge in [0.05, 0.1) is 0 Å². The van der Waals surface area contributed by atoms with Gasteiger partial charge in [0, 0.05) is 13.1 Å². The third-order valence-corrected chi connectivity index (χ3v) is 4.56. The third kappa shape index (κ3) is 2.18. The molecule has 5 heteroatoms. The zero-order chi connectivity index (χ0) is 13.6. The number of amides is 2. The van der Waals surface area contributed by atoms with Crippen LogP contribution in [-0.2, 0) is 4.79 Å². The summed E-state index contributed by atoms with van der Waals surface area (Å²) in [7, 11) is 0. The molecule has 18 heavy (non-hydrogen) atoms. The van der Waals surface area contributed by atoms with E-state index in [4.69, 9.17) is 0 Å². The predicted molar refractivity (Wildman–Crippen MR) is 67.3 cm³/mol. The van der Waals surface area contributed by atoms with Crippen LogP contribution in [0.15, 0.2) is 0 Å². The summed E-state index contributed by atoms with van der Waals surface area (Å²) in [5.41, 5.74) is -0.711. The first-order chi connectivity index (χ1) is 8.27. The molecule has 0 radical (unpaired) electrons. The predicted octanol–water partition coefficient (Wildman–Crippen LogP) is 1.68. The van der Waals surface area contributed by atoms with Crippen LogP contribution in [0.25, 0.3) is 0 Å². The average Bonchev–Trinajstić information content (AvgIpc) is 2.70. The lowest BCUT2D eigenvalue weighted by Crippen LogP contribution is -2.54. The number of aliphatic carboxylic acids is 1. The Morgan fingerprint density at radius 1 is 1.39 bits per heavy atom. The van der Waals surface area contributed by atoms with Crippen LogP contribution >= 0.6 is 0 Å². The van der Waals surface area contributed by atoms with Gasteiger partial charge in [0.2, 0.25) is 0 Å². The van der Waals surface area contributed by atoms with Crippen molar-refractivity contribution < 1.29 is 14.7 Å². The van der Waals surface area contributed by atoms with Gasteiger partial charge in [-0.05, 0) is 37.5 Å². The summed E-state index contributed by atoms with van der Waals surface area (Å²) in [6.45, 7) is 7.17. The van der Waals surface area contributed by atoms with Crippen molar-refractivity contribution in [2.75, 3.05) is 13.1 Å². The number of hydrogen-bond donors (Lipinski definition) is 2. The van der Waals surface area contributed by atoms with Crippen LogP contribution in [0.4, 0.5) is 4.79 Å². The molecule has 1 aliphatic heterocycles. The van der Waals surface area contributed by atoms with E-state index in [1.165, 1.54) is 4.90 Å². The minimum atomic E-state index is -1.04. The molecule has 0 aromatic heterocycles. The molecule has 2 N–H and O–H groups in total. The van der Waals surface area contributed by atoms with Gasteiger partial charge in [-0.15, -0.1) is 0 Å². The Bertz CT molecular complexity index is 380. The van der Waals surface area contributed by atoms with Gasteiger partial charge in [0.25, 0.3) is 0 Å². The number of rotatable bonds is 3. The van der Waals surface area contributed by atoms with Crippen molar-refractivity contribution in [3.63, 3.8) is 0 Å². The smallest absolute Gasteiger partial charge is 0.329 e. The van der Waals surface area contributed by atoms with Crippen molar-refractivity contribution in [2.45, 2.75) is 45.6 Å². The van der Waals surface area contributed by atoms with E-state index in [2.05, 4.69) is 19.2 Å². The van der Waals surface area contributed by atoms with Crippen LogP contribution in [0.2, 0.25) is 0 Å². The number of carbonyl (C=O) groups excluding carboxylic acids is 1. The first-order valence-corrected chi connectivity index (χ1v) is 6.56. The van der Waals surface area contributed by atoms with Crippen molar-refractivity contribution >= 4 is 12.0 Å². The number of carbonyl (C=O) groups is 2. The van der Waals surface area contributed by atoms with Gasteiger partial charge in [0.1, 0.15) is 5.54 Å². The van der Waals surface area contributed by atoms with E-state index in [9.17, 15) is 14.7 Å². The van der Waals surface area contributed by atoms with Crippen LogP contribution in [0, 0.1) is 11.3 Å². The van der Waals surface area contributed by atoms with Crippen molar-refractivity contribution in [3.8, 4) is 0 Å². The zero-order valence-corrected chi connectivity index (χ0v) is 11.3. The van der Waals surface area contributed by atoms with Crippen molar-refractivity contribution in [1.82, 2.24) is 10.2 Å². The van der Waals surface area contributed by atoms with E-state index < -0.39 is 11.5 Å². The third-order valence-electron chi connectivity index (χ3n) is 4.56. The molecule has 1 heterocycles. The molecule has 2 atom stereocenters. The SMILES string of the molecule is CC1(C)CC1CNC(=O)N1CCCC1(C)C(=O)O. The highest BCUT2D eigenvalue weighted by atomic mass is 16.4. The Morgan fingerprint density at radius 2 is 2.00 bits per heavy atom. The summed E-state index contributed by atoms with van der Waals surface area (Å²) < 4.78 is 0. The van der Waals surface area contributed by atoms with Gasteiger partial charge in [-0.3, -0.25) is 0 Å². The topological polar surface area (TPSA) is 69.6 Å². The maximum Gasteiger partial charge on any atom is 0.329 e. The van der Waals surface area contributed by atoms with E-state index in [0.717, 1.165) is 12.8 Å². The summed E-state index contributed by atoms with van der Waals surface area (Å²) in [6.07, 6.45) is 2.42. The number of carboxylic acids is 1. The second-order valence-corrected chi connectivity index (χ2v) is 6.41. The van der Waals surface area contributed by atoms with Crippen LogP contribution in [0.5, 0.6) is 0 Å². The highest BCUT2D eigenvalue weighted by Crippen LogP contribution is 2.51. The highest BCUT2D eigenvalue weighted by molar-refractivity contribution is 5.86. The molecule has 1 saturated carbocycles. The largest absolute Gasteiger partial charge is 0.480 e. The van der Waals surface area contributed by atoms with E-state index in [-0.39, 0.29) is 6.03 Å². The lowest BCUT2D eigenvalue weighted by Gasteiger charge is -2.31.